The van der Waals surface area contributed by atoms with Crippen LogP contribution in [0.2, 0.25) is 19.6 Å². The normalized spacial score (nSPS) is 13.3. The number of hydrogen-bond acceptors (Lipinski definition) is 3. The Morgan fingerprint density at radius 2 is 1.89 bits per heavy atom. The third-order valence-electron chi connectivity index (χ3n) is 2.92. The first-order chi connectivity index (χ1) is 8.89. The molecule has 1 heterocycles. The molecule has 19 heavy (non-hydrogen) atoms. The molecule has 1 atom stereocenters. The van der Waals surface area contributed by atoms with Gasteiger partial charge in [-0.05, 0) is 0 Å². The molecule has 0 spiro atoms. The number of Topliss-reactive ketones (excluding diaryl/α,β-unsaturated/α-hetero) is 1. The van der Waals surface area contributed by atoms with E-state index >= 15 is 0 Å². The SMILES string of the molecule is C[Si](C)(C)c1ccc(C(=O)C(F)n2cncn2)cc1. The first-order valence-corrected chi connectivity index (χ1v) is 9.52. The Balaban J connectivity index is 2.21. The molecule has 0 aliphatic carbocycles. The van der Waals surface area contributed by atoms with Gasteiger partial charge in [0.25, 0.3) is 6.30 Å². The number of benzene rings is 1. The second kappa shape index (κ2) is 5.04. The summed E-state index contributed by atoms with van der Waals surface area (Å²) in [5, 5.41) is 4.87. The molecule has 0 N–H and O–H groups in total. The lowest BCUT2D eigenvalue weighted by molar-refractivity contribution is 0.0779. The van der Waals surface area contributed by atoms with Crippen molar-refractivity contribution in [3.05, 3.63) is 42.5 Å². The summed E-state index contributed by atoms with van der Waals surface area (Å²) in [5.74, 6) is -0.604. The van der Waals surface area contributed by atoms with Gasteiger partial charge in [0.05, 0.1) is 8.07 Å². The highest BCUT2D eigenvalue weighted by atomic mass is 28.3. The molecule has 0 radical (unpaired) electrons. The molecule has 0 fully saturated rings. The van der Waals surface area contributed by atoms with Gasteiger partial charge in [0.15, 0.2) is 0 Å². The van der Waals surface area contributed by atoms with Crippen LogP contribution in [0.25, 0.3) is 0 Å². The van der Waals surface area contributed by atoms with Crippen molar-refractivity contribution in [1.82, 2.24) is 14.8 Å². The monoisotopic (exact) mass is 277 g/mol. The standard InChI is InChI=1S/C13H16FN3OSi/c1-19(2,3)11-6-4-10(5-7-11)12(18)13(14)17-9-15-8-16-17/h4-9,13H,1-3H3. The van der Waals surface area contributed by atoms with Crippen molar-refractivity contribution >= 4 is 19.0 Å². The topological polar surface area (TPSA) is 47.8 Å². The average Bonchev–Trinajstić information content (AvgIpc) is 2.90. The smallest absolute Gasteiger partial charge is 0.255 e. The molecule has 0 aliphatic heterocycles. The summed E-state index contributed by atoms with van der Waals surface area (Å²) in [6.07, 6.45) is 0.577. The number of nitrogens with zero attached hydrogens (tertiary/aromatic N) is 3. The van der Waals surface area contributed by atoms with Crippen LogP contribution in [0.5, 0.6) is 0 Å². The van der Waals surface area contributed by atoms with Crippen LogP contribution in [0.15, 0.2) is 36.9 Å². The number of aromatic nitrogens is 3. The van der Waals surface area contributed by atoms with E-state index in [1.54, 1.807) is 12.1 Å². The van der Waals surface area contributed by atoms with Crippen molar-refractivity contribution in [2.45, 2.75) is 25.9 Å². The fourth-order valence-electron chi connectivity index (χ4n) is 1.73. The van der Waals surface area contributed by atoms with E-state index in [1.165, 1.54) is 17.8 Å². The van der Waals surface area contributed by atoms with Crippen molar-refractivity contribution in [1.29, 1.82) is 0 Å². The molecule has 0 saturated heterocycles. The van der Waals surface area contributed by atoms with E-state index in [0.717, 1.165) is 4.68 Å². The summed E-state index contributed by atoms with van der Waals surface area (Å²) in [4.78, 5) is 15.6. The van der Waals surface area contributed by atoms with Crippen molar-refractivity contribution in [2.75, 3.05) is 0 Å². The molecule has 0 saturated carbocycles. The fourth-order valence-corrected chi connectivity index (χ4v) is 2.89. The number of carbonyl (C=O) groups is 1. The quantitative estimate of drug-likeness (QED) is 0.635. The number of carbonyl (C=O) groups excluding carboxylic acids is 1. The summed E-state index contributed by atoms with van der Waals surface area (Å²) in [5.41, 5.74) is 0.352. The van der Waals surface area contributed by atoms with Crippen LogP contribution in [0, 0.1) is 0 Å². The Morgan fingerprint density at radius 3 is 2.37 bits per heavy atom. The van der Waals surface area contributed by atoms with Crippen LogP contribution >= 0.6 is 0 Å². The molecule has 0 bridgehead atoms. The molecule has 1 aromatic carbocycles. The van der Waals surface area contributed by atoms with Crippen LogP contribution in [0.4, 0.5) is 4.39 Å². The molecular weight excluding hydrogens is 261 g/mol. The van der Waals surface area contributed by atoms with Crippen LogP contribution < -0.4 is 5.19 Å². The fraction of sp³-hybridized carbons (Fsp3) is 0.308. The summed E-state index contributed by atoms with van der Waals surface area (Å²) in [7, 11) is -1.40. The third kappa shape index (κ3) is 2.95. The summed E-state index contributed by atoms with van der Waals surface area (Å²) in [6, 6.07) is 7.18. The van der Waals surface area contributed by atoms with E-state index in [0.29, 0.717) is 5.56 Å². The molecule has 100 valence electrons. The first kappa shape index (κ1) is 13.6. The van der Waals surface area contributed by atoms with Gasteiger partial charge in [-0.25, -0.2) is 14.1 Å². The van der Waals surface area contributed by atoms with Gasteiger partial charge in [-0.2, -0.15) is 5.10 Å². The molecular formula is C13H16FN3OSi. The Labute approximate surface area is 112 Å². The second-order valence-corrected chi connectivity index (χ2v) is 10.5. The maximum absolute atomic E-state index is 13.9. The molecule has 1 aromatic heterocycles. The molecule has 1 unspecified atom stereocenters. The number of ketones is 1. The van der Waals surface area contributed by atoms with Gasteiger partial charge < -0.3 is 0 Å². The van der Waals surface area contributed by atoms with E-state index in [-0.39, 0.29) is 0 Å². The minimum atomic E-state index is -1.82. The highest BCUT2D eigenvalue weighted by molar-refractivity contribution is 6.88. The van der Waals surface area contributed by atoms with Crippen molar-refractivity contribution in [3.63, 3.8) is 0 Å². The maximum atomic E-state index is 13.9. The van der Waals surface area contributed by atoms with Gasteiger partial charge in [-0.1, -0.05) is 49.1 Å². The number of halogens is 1. The largest absolute Gasteiger partial charge is 0.289 e. The van der Waals surface area contributed by atoms with Crippen LogP contribution in [0.3, 0.4) is 0 Å². The van der Waals surface area contributed by atoms with E-state index in [9.17, 15) is 9.18 Å². The lowest BCUT2D eigenvalue weighted by atomic mass is 10.1. The van der Waals surface area contributed by atoms with Gasteiger partial charge >= 0.3 is 0 Å². The van der Waals surface area contributed by atoms with Crippen LogP contribution in [-0.4, -0.2) is 28.6 Å². The Bertz CT molecular complexity index is 561. The molecule has 4 nitrogen and oxygen atoms in total. The van der Waals surface area contributed by atoms with E-state index < -0.39 is 20.2 Å². The lowest BCUT2D eigenvalue weighted by Crippen LogP contribution is -2.37. The molecule has 2 aromatic rings. The molecule has 2 rings (SSSR count). The first-order valence-electron chi connectivity index (χ1n) is 6.02. The molecule has 0 aliphatic rings. The number of rotatable bonds is 4. The third-order valence-corrected chi connectivity index (χ3v) is 4.99. The zero-order chi connectivity index (χ0) is 14.0. The Hall–Kier alpha value is -1.82. The highest BCUT2D eigenvalue weighted by Gasteiger charge is 2.22. The van der Waals surface area contributed by atoms with Gasteiger partial charge in [-0.3, -0.25) is 4.79 Å². The zero-order valence-electron chi connectivity index (χ0n) is 11.2. The average molecular weight is 277 g/mol. The summed E-state index contributed by atoms with van der Waals surface area (Å²) in [6.45, 7) is 6.66. The minimum absolute atomic E-state index is 0.352. The zero-order valence-corrected chi connectivity index (χ0v) is 12.2. The Kier molecular flexibility index (Phi) is 3.61. The molecule has 0 amide bonds. The van der Waals surface area contributed by atoms with Crippen molar-refractivity contribution in [2.24, 2.45) is 0 Å². The summed E-state index contributed by atoms with van der Waals surface area (Å²) >= 11 is 0. The van der Waals surface area contributed by atoms with Crippen molar-refractivity contribution in [3.8, 4) is 0 Å². The highest BCUT2D eigenvalue weighted by Crippen LogP contribution is 2.14. The summed E-state index contributed by atoms with van der Waals surface area (Å²) < 4.78 is 14.8. The van der Waals surface area contributed by atoms with Crippen LogP contribution in [0.1, 0.15) is 16.7 Å². The van der Waals surface area contributed by atoms with Gasteiger partial charge in [0, 0.05) is 5.56 Å². The van der Waals surface area contributed by atoms with Crippen molar-refractivity contribution < 1.29 is 9.18 Å². The maximum Gasteiger partial charge on any atom is 0.255 e. The van der Waals surface area contributed by atoms with Gasteiger partial charge in [0.1, 0.15) is 12.7 Å². The van der Waals surface area contributed by atoms with Gasteiger partial charge in [-0.15, -0.1) is 0 Å². The van der Waals surface area contributed by atoms with Gasteiger partial charge in [0.2, 0.25) is 5.78 Å². The predicted molar refractivity (Wildman–Crippen MR) is 73.9 cm³/mol. The number of hydrogen-bond donors (Lipinski definition) is 0. The van der Waals surface area contributed by atoms with E-state index in [1.807, 2.05) is 12.1 Å². The minimum Gasteiger partial charge on any atom is -0.289 e. The molecule has 6 heteroatoms. The second-order valence-electron chi connectivity index (χ2n) is 5.40. The lowest BCUT2D eigenvalue weighted by Gasteiger charge is -2.16. The van der Waals surface area contributed by atoms with Crippen LogP contribution in [-0.2, 0) is 0 Å². The number of alkyl halides is 1. The Morgan fingerprint density at radius 1 is 1.26 bits per heavy atom. The van der Waals surface area contributed by atoms with E-state index in [4.69, 9.17) is 0 Å². The predicted octanol–water partition coefficient (Wildman–Crippen LogP) is 2.17. The van der Waals surface area contributed by atoms with E-state index in [2.05, 4.69) is 29.7 Å².